The van der Waals surface area contributed by atoms with Crippen molar-refractivity contribution in [2.45, 2.75) is 6.54 Å². The molecule has 3 rings (SSSR count). The van der Waals surface area contributed by atoms with Gasteiger partial charge in [0.25, 0.3) is 5.69 Å². The topological polar surface area (TPSA) is 83.1 Å². The maximum atomic E-state index is 11.9. The number of quaternary nitrogens is 1. The van der Waals surface area contributed by atoms with E-state index in [1.807, 2.05) is 18.2 Å². The fourth-order valence-corrected chi connectivity index (χ4v) is 3.22. The van der Waals surface area contributed by atoms with E-state index in [0.717, 1.165) is 31.7 Å². The zero-order valence-electron chi connectivity index (χ0n) is 14.1. The van der Waals surface area contributed by atoms with Crippen LogP contribution < -0.4 is 19.6 Å². The second kappa shape index (κ2) is 7.40. The minimum atomic E-state index is -0.667. The van der Waals surface area contributed by atoms with Crippen LogP contribution in [0.4, 0.5) is 11.4 Å². The molecule has 0 radical (unpaired) electrons. The molecule has 7 heteroatoms. The Kier molecular flexibility index (Phi) is 5.04. The Bertz CT molecular complexity index is 743. The van der Waals surface area contributed by atoms with Crippen LogP contribution in [-0.2, 0) is 6.54 Å². The lowest BCUT2D eigenvalue weighted by Gasteiger charge is -2.33. The van der Waals surface area contributed by atoms with Crippen molar-refractivity contribution < 1.29 is 19.7 Å². The maximum absolute atomic E-state index is 11.9. The van der Waals surface area contributed by atoms with Gasteiger partial charge in [-0.3, -0.25) is 10.1 Å². The fourth-order valence-electron chi connectivity index (χ4n) is 3.22. The quantitative estimate of drug-likeness (QED) is 0.634. The molecule has 1 heterocycles. The number of nitrogens with zero attached hydrogens (tertiary/aromatic N) is 2. The van der Waals surface area contributed by atoms with E-state index >= 15 is 0 Å². The molecule has 1 N–H and O–H groups in total. The third-order valence-electron chi connectivity index (χ3n) is 4.56. The SMILES string of the molecule is COc1cc(C[NH+]2CCN(c3ccccc3)CC2)cc([N+](=O)[O-])c1[O-]. The molecule has 132 valence electrons. The third kappa shape index (κ3) is 3.83. The van der Waals surface area contributed by atoms with Gasteiger partial charge in [-0.05, 0) is 18.2 Å². The van der Waals surface area contributed by atoms with Gasteiger partial charge < -0.3 is 19.6 Å². The van der Waals surface area contributed by atoms with Gasteiger partial charge in [-0.1, -0.05) is 18.2 Å². The Morgan fingerprint density at radius 2 is 1.88 bits per heavy atom. The number of hydrogen-bond acceptors (Lipinski definition) is 5. The molecule has 2 aromatic carbocycles. The van der Waals surface area contributed by atoms with Gasteiger partial charge in [0, 0.05) is 23.1 Å². The molecule has 0 aromatic heterocycles. The highest BCUT2D eigenvalue weighted by molar-refractivity contribution is 5.56. The summed E-state index contributed by atoms with van der Waals surface area (Å²) in [4.78, 5) is 14.1. The molecule has 0 amide bonds. The number of rotatable bonds is 5. The summed E-state index contributed by atoms with van der Waals surface area (Å²) in [6.07, 6.45) is 0. The lowest BCUT2D eigenvalue weighted by atomic mass is 10.1. The molecule has 0 atom stereocenters. The van der Waals surface area contributed by atoms with Crippen molar-refractivity contribution in [2.24, 2.45) is 0 Å². The van der Waals surface area contributed by atoms with E-state index < -0.39 is 16.4 Å². The van der Waals surface area contributed by atoms with Crippen LogP contribution in [0, 0.1) is 10.1 Å². The molecule has 2 aromatic rings. The van der Waals surface area contributed by atoms with E-state index in [1.54, 1.807) is 6.07 Å². The number of nitro groups is 1. The number of ether oxygens (including phenoxy) is 1. The lowest BCUT2D eigenvalue weighted by molar-refractivity contribution is -0.914. The molecular weight excluding hydrogens is 322 g/mol. The van der Waals surface area contributed by atoms with Crippen LogP contribution in [0.5, 0.6) is 11.5 Å². The van der Waals surface area contributed by atoms with Crippen LogP contribution in [0.15, 0.2) is 42.5 Å². The summed E-state index contributed by atoms with van der Waals surface area (Å²) in [6, 6.07) is 13.3. The molecule has 1 saturated heterocycles. The number of para-hydroxylation sites is 1. The van der Waals surface area contributed by atoms with Crippen LogP contribution in [0.2, 0.25) is 0 Å². The van der Waals surface area contributed by atoms with E-state index in [-0.39, 0.29) is 5.75 Å². The normalized spacial score (nSPS) is 15.2. The first kappa shape index (κ1) is 17.0. The van der Waals surface area contributed by atoms with Crippen LogP contribution in [-0.4, -0.2) is 38.2 Å². The van der Waals surface area contributed by atoms with Gasteiger partial charge in [0.05, 0.1) is 38.2 Å². The number of nitro benzene ring substituents is 1. The molecule has 0 aliphatic carbocycles. The molecule has 7 nitrogen and oxygen atoms in total. The van der Waals surface area contributed by atoms with Gasteiger partial charge in [0.1, 0.15) is 12.3 Å². The molecule has 25 heavy (non-hydrogen) atoms. The Labute approximate surface area is 146 Å². The first-order valence-corrected chi connectivity index (χ1v) is 8.24. The summed E-state index contributed by atoms with van der Waals surface area (Å²) in [5, 5.41) is 23.0. The molecule has 1 aliphatic heterocycles. The maximum Gasteiger partial charge on any atom is 0.265 e. The second-order valence-corrected chi connectivity index (χ2v) is 6.15. The van der Waals surface area contributed by atoms with Gasteiger partial charge in [-0.15, -0.1) is 0 Å². The highest BCUT2D eigenvalue weighted by Crippen LogP contribution is 2.34. The van der Waals surface area contributed by atoms with E-state index in [9.17, 15) is 15.2 Å². The standard InChI is InChI=1S/C18H21N3O4/c1-25-17-12-14(11-16(18(17)22)21(23)24)13-19-7-9-20(10-8-19)15-5-3-2-4-6-15/h2-6,11-12,22H,7-10,13H2,1H3. The van der Waals surface area contributed by atoms with Crippen molar-refractivity contribution in [3.05, 3.63) is 58.1 Å². The second-order valence-electron chi connectivity index (χ2n) is 6.15. The van der Waals surface area contributed by atoms with Crippen LogP contribution in [0.25, 0.3) is 0 Å². The fraction of sp³-hybridized carbons (Fsp3) is 0.333. The number of benzene rings is 2. The molecule has 0 bridgehead atoms. The van der Waals surface area contributed by atoms with Crippen molar-refractivity contribution >= 4 is 11.4 Å². The third-order valence-corrected chi connectivity index (χ3v) is 4.56. The van der Waals surface area contributed by atoms with E-state index in [4.69, 9.17) is 4.74 Å². The first-order chi connectivity index (χ1) is 12.1. The average molecular weight is 343 g/mol. The molecule has 0 unspecified atom stereocenters. The zero-order valence-corrected chi connectivity index (χ0v) is 14.1. The minimum absolute atomic E-state index is 0.0338. The van der Waals surface area contributed by atoms with Crippen LogP contribution >= 0.6 is 0 Å². The van der Waals surface area contributed by atoms with Crippen molar-refractivity contribution in [3.8, 4) is 11.5 Å². The predicted octanol–water partition coefficient (Wildman–Crippen LogP) is 0.582. The number of hydrogen-bond donors (Lipinski definition) is 1. The van der Waals surface area contributed by atoms with Gasteiger partial charge in [-0.25, -0.2) is 0 Å². The molecule has 1 aliphatic rings. The average Bonchev–Trinajstić information content (AvgIpc) is 2.64. The first-order valence-electron chi connectivity index (χ1n) is 8.24. The number of nitrogens with one attached hydrogen (secondary N) is 1. The molecular formula is C18H21N3O4. The summed E-state index contributed by atoms with van der Waals surface area (Å²) in [7, 11) is 1.36. The Balaban J connectivity index is 1.68. The van der Waals surface area contributed by atoms with E-state index in [2.05, 4.69) is 17.0 Å². The zero-order chi connectivity index (χ0) is 17.8. The monoisotopic (exact) mass is 343 g/mol. The van der Waals surface area contributed by atoms with E-state index in [1.165, 1.54) is 23.8 Å². The van der Waals surface area contributed by atoms with Crippen molar-refractivity contribution in [3.63, 3.8) is 0 Å². The summed E-state index contributed by atoms with van der Waals surface area (Å²) < 4.78 is 5.01. The minimum Gasteiger partial charge on any atom is -0.865 e. The number of piperazine rings is 1. The molecule has 0 spiro atoms. The van der Waals surface area contributed by atoms with Crippen molar-refractivity contribution in [2.75, 3.05) is 38.2 Å². The smallest absolute Gasteiger partial charge is 0.265 e. The van der Waals surface area contributed by atoms with Crippen molar-refractivity contribution in [1.82, 2.24) is 0 Å². The predicted molar refractivity (Wildman–Crippen MR) is 92.2 cm³/mol. The van der Waals surface area contributed by atoms with E-state index in [0.29, 0.717) is 6.54 Å². The summed E-state index contributed by atoms with van der Waals surface area (Å²) in [6.45, 7) is 4.37. The largest absolute Gasteiger partial charge is 0.865 e. The highest BCUT2D eigenvalue weighted by Gasteiger charge is 2.22. The van der Waals surface area contributed by atoms with Crippen LogP contribution in [0.1, 0.15) is 5.56 Å². The Morgan fingerprint density at radius 3 is 2.48 bits per heavy atom. The van der Waals surface area contributed by atoms with Gasteiger partial charge in [-0.2, -0.15) is 0 Å². The van der Waals surface area contributed by atoms with Crippen LogP contribution in [0.3, 0.4) is 0 Å². The Hall–Kier alpha value is -2.80. The number of methoxy groups -OCH3 is 1. The molecule has 0 saturated carbocycles. The summed E-state index contributed by atoms with van der Waals surface area (Å²) >= 11 is 0. The van der Waals surface area contributed by atoms with Gasteiger partial charge in [0.15, 0.2) is 0 Å². The lowest BCUT2D eigenvalue weighted by Crippen LogP contribution is -3.13. The van der Waals surface area contributed by atoms with Gasteiger partial charge >= 0.3 is 0 Å². The highest BCUT2D eigenvalue weighted by atomic mass is 16.6. The number of anilines is 1. The summed E-state index contributed by atoms with van der Waals surface area (Å²) in [5.74, 6) is -0.633. The molecule has 1 fully saturated rings. The van der Waals surface area contributed by atoms with Gasteiger partial charge in [0.2, 0.25) is 0 Å². The Morgan fingerprint density at radius 1 is 1.20 bits per heavy atom. The van der Waals surface area contributed by atoms with Crippen molar-refractivity contribution in [1.29, 1.82) is 0 Å². The summed E-state index contributed by atoms with van der Waals surface area (Å²) in [5.41, 5.74) is 1.55.